The summed E-state index contributed by atoms with van der Waals surface area (Å²) >= 11 is 0. The maximum atomic E-state index is 12.0. The highest BCUT2D eigenvalue weighted by atomic mass is 28.4. The molecular weight excluding hydrogens is 265 g/mol. The maximum absolute atomic E-state index is 12.0. The molecule has 0 N–H and O–H groups in total. The highest BCUT2D eigenvalue weighted by Gasteiger charge is 2.31. The average molecular weight is 278 g/mol. The lowest BCUT2D eigenvalue weighted by Crippen LogP contribution is -2.29. The second kappa shape index (κ2) is 5.01. The Morgan fingerprint density at radius 2 is 1.83 bits per heavy atom. The minimum atomic E-state index is -4.78. The Kier molecular flexibility index (Phi) is 4.05. The van der Waals surface area contributed by atoms with Gasteiger partial charge in [-0.15, -0.1) is 13.2 Å². The van der Waals surface area contributed by atoms with Crippen LogP contribution in [-0.4, -0.2) is 21.0 Å². The van der Waals surface area contributed by atoms with E-state index in [-0.39, 0.29) is 11.3 Å². The van der Waals surface area contributed by atoms with Gasteiger partial charge in [-0.3, -0.25) is 4.79 Å². The number of benzene rings is 1. The molecule has 100 valence electrons. The van der Waals surface area contributed by atoms with Crippen molar-refractivity contribution in [2.24, 2.45) is 0 Å². The Balaban J connectivity index is 3.00. The summed E-state index contributed by atoms with van der Waals surface area (Å²) in [5.41, 5.74) is 0.0409. The molecule has 18 heavy (non-hydrogen) atoms. The molecule has 1 rings (SSSR count). The Hall–Kier alpha value is -1.50. The van der Waals surface area contributed by atoms with Gasteiger partial charge in [0.05, 0.1) is 5.56 Å². The summed E-state index contributed by atoms with van der Waals surface area (Å²) in [6, 6.07) is 3.44. The molecule has 0 saturated carbocycles. The largest absolute Gasteiger partial charge is 0.573 e. The third-order valence-corrected chi connectivity index (χ3v) is 2.59. The molecule has 3 nitrogen and oxygen atoms in total. The number of ether oxygens (including phenoxy) is 1. The SMILES string of the molecule is C[Si](C)(C)Oc1ccc(OC(F)(F)F)cc1C=O. The third-order valence-electron chi connectivity index (χ3n) is 1.76. The molecule has 0 aliphatic carbocycles. The van der Waals surface area contributed by atoms with E-state index in [9.17, 15) is 18.0 Å². The zero-order valence-electron chi connectivity index (χ0n) is 10.2. The van der Waals surface area contributed by atoms with Crippen LogP contribution in [0.15, 0.2) is 18.2 Å². The molecule has 0 fully saturated rings. The minimum absolute atomic E-state index is 0.0409. The molecule has 0 unspecified atom stereocenters. The van der Waals surface area contributed by atoms with E-state index in [2.05, 4.69) is 4.74 Å². The lowest BCUT2D eigenvalue weighted by molar-refractivity contribution is -0.274. The lowest BCUT2D eigenvalue weighted by atomic mass is 10.2. The topological polar surface area (TPSA) is 35.5 Å². The van der Waals surface area contributed by atoms with Crippen LogP contribution in [0.1, 0.15) is 10.4 Å². The van der Waals surface area contributed by atoms with Crippen molar-refractivity contribution >= 4 is 14.6 Å². The van der Waals surface area contributed by atoms with E-state index >= 15 is 0 Å². The van der Waals surface area contributed by atoms with Crippen molar-refractivity contribution in [1.82, 2.24) is 0 Å². The monoisotopic (exact) mass is 278 g/mol. The highest BCUT2D eigenvalue weighted by molar-refractivity contribution is 6.70. The summed E-state index contributed by atoms with van der Waals surface area (Å²) in [4.78, 5) is 10.8. The molecule has 0 aliphatic rings. The molecule has 0 aromatic heterocycles. The smallest absolute Gasteiger partial charge is 0.544 e. The Bertz CT molecular complexity index is 438. The van der Waals surface area contributed by atoms with Gasteiger partial charge in [0, 0.05) is 0 Å². The molecule has 0 atom stereocenters. The number of carbonyl (C=O) groups is 1. The fraction of sp³-hybridized carbons (Fsp3) is 0.364. The lowest BCUT2D eigenvalue weighted by Gasteiger charge is -2.20. The van der Waals surface area contributed by atoms with Crippen molar-refractivity contribution < 1.29 is 27.1 Å². The van der Waals surface area contributed by atoms with Crippen molar-refractivity contribution in [3.63, 3.8) is 0 Å². The fourth-order valence-corrected chi connectivity index (χ4v) is 2.08. The molecular formula is C11H13F3O3Si. The minimum Gasteiger partial charge on any atom is -0.544 e. The van der Waals surface area contributed by atoms with Gasteiger partial charge in [-0.1, -0.05) is 0 Å². The Labute approximate surface area is 104 Å². The summed E-state index contributed by atoms with van der Waals surface area (Å²) in [5, 5.41) is 0. The second-order valence-corrected chi connectivity index (χ2v) is 9.01. The molecule has 0 heterocycles. The zero-order chi connectivity index (χ0) is 14.0. The van der Waals surface area contributed by atoms with Gasteiger partial charge in [0.15, 0.2) is 6.29 Å². The number of aldehydes is 1. The normalized spacial score (nSPS) is 12.1. The quantitative estimate of drug-likeness (QED) is 0.623. The van der Waals surface area contributed by atoms with Gasteiger partial charge in [0.2, 0.25) is 8.32 Å². The first-order valence-corrected chi connectivity index (χ1v) is 8.55. The zero-order valence-corrected chi connectivity index (χ0v) is 11.2. The van der Waals surface area contributed by atoms with E-state index in [0.717, 1.165) is 12.1 Å². The molecule has 0 amide bonds. The summed E-state index contributed by atoms with van der Waals surface area (Å²) < 4.78 is 45.3. The Morgan fingerprint density at radius 3 is 2.28 bits per heavy atom. The summed E-state index contributed by atoms with van der Waals surface area (Å²) in [6.45, 7) is 5.71. The van der Waals surface area contributed by atoms with Crippen molar-refractivity contribution in [2.75, 3.05) is 0 Å². The van der Waals surface area contributed by atoms with Crippen LogP contribution in [-0.2, 0) is 0 Å². The third kappa shape index (κ3) is 4.78. The predicted octanol–water partition coefficient (Wildman–Crippen LogP) is 3.61. The number of hydrogen-bond acceptors (Lipinski definition) is 3. The number of hydrogen-bond donors (Lipinski definition) is 0. The summed E-state index contributed by atoms with van der Waals surface area (Å²) in [7, 11) is -1.93. The van der Waals surface area contributed by atoms with Crippen molar-refractivity contribution in [1.29, 1.82) is 0 Å². The first-order valence-electron chi connectivity index (χ1n) is 5.15. The highest BCUT2D eigenvalue weighted by Crippen LogP contribution is 2.28. The van der Waals surface area contributed by atoms with E-state index < -0.39 is 20.4 Å². The van der Waals surface area contributed by atoms with Gasteiger partial charge < -0.3 is 9.16 Å². The first-order chi connectivity index (χ1) is 8.11. The van der Waals surface area contributed by atoms with Crippen LogP contribution in [0, 0.1) is 0 Å². The van der Waals surface area contributed by atoms with Crippen LogP contribution < -0.4 is 9.16 Å². The number of alkyl halides is 3. The average Bonchev–Trinajstić information content (AvgIpc) is 2.16. The molecule has 0 saturated heterocycles. The van der Waals surface area contributed by atoms with Crippen LogP contribution in [0.5, 0.6) is 11.5 Å². The van der Waals surface area contributed by atoms with Gasteiger partial charge in [-0.05, 0) is 37.8 Å². The van der Waals surface area contributed by atoms with E-state index in [0.29, 0.717) is 6.29 Å². The fourth-order valence-electron chi connectivity index (χ4n) is 1.24. The van der Waals surface area contributed by atoms with E-state index in [4.69, 9.17) is 4.43 Å². The maximum Gasteiger partial charge on any atom is 0.573 e. The van der Waals surface area contributed by atoms with Crippen molar-refractivity contribution in [3.8, 4) is 11.5 Å². The van der Waals surface area contributed by atoms with Gasteiger partial charge in [0.25, 0.3) is 0 Å². The summed E-state index contributed by atoms with van der Waals surface area (Å²) in [5.74, 6) is -0.161. The molecule has 1 aromatic carbocycles. The van der Waals surface area contributed by atoms with Gasteiger partial charge in [-0.25, -0.2) is 0 Å². The molecule has 0 spiro atoms. The van der Waals surface area contributed by atoms with Crippen LogP contribution in [0.25, 0.3) is 0 Å². The molecule has 0 radical (unpaired) electrons. The van der Waals surface area contributed by atoms with Crippen LogP contribution in [0.2, 0.25) is 19.6 Å². The number of carbonyl (C=O) groups excluding carboxylic acids is 1. The van der Waals surface area contributed by atoms with Gasteiger partial charge >= 0.3 is 6.36 Å². The molecule has 0 aliphatic heterocycles. The van der Waals surface area contributed by atoms with Crippen molar-refractivity contribution in [3.05, 3.63) is 23.8 Å². The second-order valence-electron chi connectivity index (χ2n) is 4.58. The predicted molar refractivity (Wildman–Crippen MR) is 62.5 cm³/mol. The van der Waals surface area contributed by atoms with E-state index in [1.807, 2.05) is 19.6 Å². The standard InChI is InChI=1S/C11H13F3O3Si/c1-18(2,3)17-10-5-4-9(6-8(10)7-15)16-11(12,13)14/h4-7H,1-3H3. The molecule has 7 heteroatoms. The number of halogens is 3. The molecule has 0 bridgehead atoms. The number of rotatable bonds is 4. The Morgan fingerprint density at radius 1 is 1.22 bits per heavy atom. The van der Waals surface area contributed by atoms with Gasteiger partial charge in [0.1, 0.15) is 11.5 Å². The van der Waals surface area contributed by atoms with Crippen LogP contribution in [0.4, 0.5) is 13.2 Å². The molecule has 1 aromatic rings. The van der Waals surface area contributed by atoms with Crippen LogP contribution >= 0.6 is 0 Å². The first kappa shape index (κ1) is 14.6. The van der Waals surface area contributed by atoms with Crippen LogP contribution in [0.3, 0.4) is 0 Å². The van der Waals surface area contributed by atoms with Crippen molar-refractivity contribution in [2.45, 2.75) is 26.0 Å². The van der Waals surface area contributed by atoms with E-state index in [1.165, 1.54) is 6.07 Å². The van der Waals surface area contributed by atoms with E-state index in [1.54, 1.807) is 0 Å². The van der Waals surface area contributed by atoms with Gasteiger partial charge in [-0.2, -0.15) is 0 Å². The summed E-state index contributed by atoms with van der Waals surface area (Å²) in [6.07, 6.45) is -4.33.